The highest BCUT2D eigenvalue weighted by Gasteiger charge is 2.12. The zero-order valence-corrected chi connectivity index (χ0v) is 12.3. The molecule has 1 aromatic rings. The molecule has 0 amide bonds. The SMILES string of the molecule is CCCCCC(NCCC)c1ccccc1CC. The van der Waals surface area contributed by atoms with Crippen LogP contribution in [0.3, 0.4) is 0 Å². The number of hydrogen-bond donors (Lipinski definition) is 1. The molecule has 0 fully saturated rings. The van der Waals surface area contributed by atoms with Crippen LogP contribution >= 0.6 is 0 Å². The molecule has 0 heterocycles. The number of aryl methyl sites for hydroxylation is 1. The third kappa shape index (κ3) is 4.81. The van der Waals surface area contributed by atoms with Gasteiger partial charge in [-0.15, -0.1) is 0 Å². The molecule has 0 aliphatic heterocycles. The van der Waals surface area contributed by atoms with Crippen LogP contribution in [0.1, 0.15) is 70.0 Å². The monoisotopic (exact) mass is 247 g/mol. The summed E-state index contributed by atoms with van der Waals surface area (Å²) in [4.78, 5) is 0. The highest BCUT2D eigenvalue weighted by molar-refractivity contribution is 5.30. The lowest BCUT2D eigenvalue weighted by molar-refractivity contribution is 0.472. The summed E-state index contributed by atoms with van der Waals surface area (Å²) < 4.78 is 0. The van der Waals surface area contributed by atoms with Crippen molar-refractivity contribution in [3.05, 3.63) is 35.4 Å². The van der Waals surface area contributed by atoms with Crippen molar-refractivity contribution in [2.45, 2.75) is 65.3 Å². The number of nitrogens with one attached hydrogen (secondary N) is 1. The summed E-state index contributed by atoms with van der Waals surface area (Å²) in [5.74, 6) is 0. The number of benzene rings is 1. The molecule has 1 aromatic carbocycles. The lowest BCUT2D eigenvalue weighted by Gasteiger charge is -2.21. The first kappa shape index (κ1) is 15.2. The first-order valence-corrected chi connectivity index (χ1v) is 7.64. The second kappa shape index (κ2) is 9.16. The molecule has 1 atom stereocenters. The Labute approximate surface area is 113 Å². The molecule has 0 radical (unpaired) electrons. The highest BCUT2D eigenvalue weighted by Crippen LogP contribution is 2.23. The van der Waals surface area contributed by atoms with Crippen molar-refractivity contribution in [1.82, 2.24) is 5.32 Å². The summed E-state index contributed by atoms with van der Waals surface area (Å²) in [6.07, 6.45) is 7.59. The predicted octanol–water partition coefficient (Wildman–Crippen LogP) is 4.87. The third-order valence-corrected chi connectivity index (χ3v) is 3.55. The molecule has 0 spiro atoms. The maximum absolute atomic E-state index is 3.72. The van der Waals surface area contributed by atoms with Crippen molar-refractivity contribution in [3.8, 4) is 0 Å². The quantitative estimate of drug-likeness (QED) is 0.614. The van der Waals surface area contributed by atoms with Gasteiger partial charge < -0.3 is 5.32 Å². The molecular weight excluding hydrogens is 218 g/mol. The zero-order chi connectivity index (χ0) is 13.2. The summed E-state index contributed by atoms with van der Waals surface area (Å²) in [7, 11) is 0. The minimum Gasteiger partial charge on any atom is -0.310 e. The molecule has 18 heavy (non-hydrogen) atoms. The Bertz CT molecular complexity index is 319. The molecule has 0 aromatic heterocycles. The van der Waals surface area contributed by atoms with Crippen LogP contribution in [-0.2, 0) is 6.42 Å². The van der Waals surface area contributed by atoms with Crippen LogP contribution < -0.4 is 5.32 Å². The second-order valence-electron chi connectivity index (χ2n) is 5.05. The summed E-state index contributed by atoms with van der Waals surface area (Å²) in [5.41, 5.74) is 3.02. The van der Waals surface area contributed by atoms with E-state index < -0.39 is 0 Å². The fourth-order valence-corrected chi connectivity index (χ4v) is 2.48. The zero-order valence-electron chi connectivity index (χ0n) is 12.3. The Kier molecular flexibility index (Phi) is 7.75. The van der Waals surface area contributed by atoms with Crippen molar-refractivity contribution in [2.75, 3.05) is 6.54 Å². The number of rotatable bonds is 9. The van der Waals surface area contributed by atoms with Crippen LogP contribution in [0.5, 0.6) is 0 Å². The van der Waals surface area contributed by atoms with Gasteiger partial charge in [-0.2, -0.15) is 0 Å². The fraction of sp³-hybridized carbons (Fsp3) is 0.647. The van der Waals surface area contributed by atoms with E-state index in [2.05, 4.69) is 50.4 Å². The first-order valence-electron chi connectivity index (χ1n) is 7.64. The van der Waals surface area contributed by atoms with Crippen LogP contribution in [0.15, 0.2) is 24.3 Å². The van der Waals surface area contributed by atoms with Gasteiger partial charge in [-0.3, -0.25) is 0 Å². The average Bonchev–Trinajstić information content (AvgIpc) is 2.42. The molecular formula is C17H29N. The van der Waals surface area contributed by atoms with Crippen LogP contribution in [-0.4, -0.2) is 6.54 Å². The lowest BCUT2D eigenvalue weighted by atomic mass is 9.94. The van der Waals surface area contributed by atoms with Crippen molar-refractivity contribution in [3.63, 3.8) is 0 Å². The first-order chi connectivity index (χ1) is 8.83. The van der Waals surface area contributed by atoms with E-state index in [1.54, 1.807) is 0 Å². The molecule has 1 unspecified atom stereocenters. The van der Waals surface area contributed by atoms with Gasteiger partial charge in [0.25, 0.3) is 0 Å². The van der Waals surface area contributed by atoms with E-state index in [-0.39, 0.29) is 0 Å². The summed E-state index contributed by atoms with van der Waals surface area (Å²) in [6.45, 7) is 7.88. The van der Waals surface area contributed by atoms with E-state index >= 15 is 0 Å². The molecule has 1 N–H and O–H groups in total. The molecule has 1 rings (SSSR count). The maximum Gasteiger partial charge on any atom is 0.0322 e. The standard InChI is InChI=1S/C17H29N/c1-4-7-8-13-17(18-14-5-2)16-12-10-9-11-15(16)6-3/h9-12,17-18H,4-8,13-14H2,1-3H3. The van der Waals surface area contributed by atoms with Gasteiger partial charge in [0.15, 0.2) is 0 Å². The Morgan fingerprint density at radius 1 is 1.00 bits per heavy atom. The van der Waals surface area contributed by atoms with Gasteiger partial charge in [0, 0.05) is 6.04 Å². The molecule has 1 nitrogen and oxygen atoms in total. The largest absolute Gasteiger partial charge is 0.310 e. The van der Waals surface area contributed by atoms with Crippen molar-refractivity contribution < 1.29 is 0 Å². The Hall–Kier alpha value is -0.820. The number of hydrogen-bond acceptors (Lipinski definition) is 1. The normalized spacial score (nSPS) is 12.6. The third-order valence-electron chi connectivity index (χ3n) is 3.55. The summed E-state index contributed by atoms with van der Waals surface area (Å²) >= 11 is 0. The van der Waals surface area contributed by atoms with Gasteiger partial charge in [-0.1, -0.05) is 64.3 Å². The van der Waals surface area contributed by atoms with Crippen molar-refractivity contribution in [2.24, 2.45) is 0 Å². The molecule has 0 aliphatic rings. The topological polar surface area (TPSA) is 12.0 Å². The van der Waals surface area contributed by atoms with E-state index in [0.29, 0.717) is 6.04 Å². The molecule has 0 saturated carbocycles. The Balaban J connectivity index is 2.72. The summed E-state index contributed by atoms with van der Waals surface area (Å²) in [6, 6.07) is 9.46. The van der Waals surface area contributed by atoms with Gasteiger partial charge in [0.2, 0.25) is 0 Å². The van der Waals surface area contributed by atoms with E-state index in [1.165, 1.54) is 43.2 Å². The fourth-order valence-electron chi connectivity index (χ4n) is 2.48. The minimum absolute atomic E-state index is 0.549. The molecule has 0 bridgehead atoms. The van der Waals surface area contributed by atoms with Gasteiger partial charge in [0.1, 0.15) is 0 Å². The minimum atomic E-state index is 0.549. The van der Waals surface area contributed by atoms with Gasteiger partial charge in [-0.25, -0.2) is 0 Å². The lowest BCUT2D eigenvalue weighted by Crippen LogP contribution is -2.23. The van der Waals surface area contributed by atoms with Crippen LogP contribution in [0.4, 0.5) is 0 Å². The van der Waals surface area contributed by atoms with Gasteiger partial charge in [0.05, 0.1) is 0 Å². The van der Waals surface area contributed by atoms with Gasteiger partial charge in [-0.05, 0) is 36.9 Å². The van der Waals surface area contributed by atoms with E-state index in [9.17, 15) is 0 Å². The Morgan fingerprint density at radius 2 is 1.78 bits per heavy atom. The molecule has 102 valence electrons. The highest BCUT2D eigenvalue weighted by atomic mass is 14.9. The molecule has 0 saturated heterocycles. The molecule has 1 heteroatoms. The van der Waals surface area contributed by atoms with Gasteiger partial charge >= 0.3 is 0 Å². The number of unbranched alkanes of at least 4 members (excludes halogenated alkanes) is 2. The maximum atomic E-state index is 3.72. The van der Waals surface area contributed by atoms with Crippen LogP contribution in [0.2, 0.25) is 0 Å². The van der Waals surface area contributed by atoms with E-state index in [0.717, 1.165) is 13.0 Å². The Morgan fingerprint density at radius 3 is 2.44 bits per heavy atom. The van der Waals surface area contributed by atoms with E-state index in [4.69, 9.17) is 0 Å². The van der Waals surface area contributed by atoms with E-state index in [1.807, 2.05) is 0 Å². The predicted molar refractivity (Wildman–Crippen MR) is 81.0 cm³/mol. The second-order valence-corrected chi connectivity index (χ2v) is 5.05. The van der Waals surface area contributed by atoms with Crippen molar-refractivity contribution in [1.29, 1.82) is 0 Å². The molecule has 0 aliphatic carbocycles. The van der Waals surface area contributed by atoms with Crippen LogP contribution in [0, 0.1) is 0 Å². The average molecular weight is 247 g/mol. The smallest absolute Gasteiger partial charge is 0.0322 e. The van der Waals surface area contributed by atoms with Crippen LogP contribution in [0.25, 0.3) is 0 Å². The van der Waals surface area contributed by atoms with Crippen molar-refractivity contribution >= 4 is 0 Å². The summed E-state index contributed by atoms with van der Waals surface area (Å²) in [5, 5.41) is 3.72.